The van der Waals surface area contributed by atoms with Gasteiger partial charge in [0.2, 0.25) is 0 Å². The minimum Gasteiger partial charge on any atom is -0.481 e. The van der Waals surface area contributed by atoms with Crippen molar-refractivity contribution in [1.29, 1.82) is 0 Å². The number of aliphatic carboxylic acids is 2. The van der Waals surface area contributed by atoms with Crippen molar-refractivity contribution in [2.75, 3.05) is 0 Å². The lowest BCUT2D eigenvalue weighted by atomic mass is 10.2. The second kappa shape index (κ2) is 4.15. The molecule has 0 aromatic carbocycles. The third-order valence-electron chi connectivity index (χ3n) is 1.22. The largest absolute Gasteiger partial charge is 0.481 e. The van der Waals surface area contributed by atoms with Crippen molar-refractivity contribution in [2.45, 2.75) is 11.7 Å². The average Bonchev–Trinajstić information content (AvgIpc) is 1.96. The molecule has 0 aliphatic heterocycles. The van der Waals surface area contributed by atoms with Crippen molar-refractivity contribution >= 4 is 27.8 Å². The summed E-state index contributed by atoms with van der Waals surface area (Å²) in [6.07, 6.45) is -1.29. The molecule has 14 heavy (non-hydrogen) atoms. The van der Waals surface area contributed by atoms with E-state index in [1.54, 1.807) is 0 Å². The summed E-state index contributed by atoms with van der Waals surface area (Å²) in [5.74, 6) is -5.70. The number of carbonyl (C=O) groups is 3. The molecule has 1 unspecified atom stereocenters. The predicted octanol–water partition coefficient (Wildman–Crippen LogP) is -1.63. The van der Waals surface area contributed by atoms with Gasteiger partial charge in [0.1, 0.15) is 0 Å². The molecule has 0 aliphatic carbocycles. The van der Waals surface area contributed by atoms with Crippen LogP contribution in [0, 0.1) is 0 Å². The summed E-state index contributed by atoms with van der Waals surface area (Å²) in [7, 11) is -5.02. The molecule has 0 rings (SSSR count). The summed E-state index contributed by atoms with van der Waals surface area (Å²) < 4.78 is 29.2. The lowest BCUT2D eigenvalue weighted by Gasteiger charge is -2.06. The van der Waals surface area contributed by atoms with Crippen molar-refractivity contribution in [3.8, 4) is 0 Å². The molecule has 0 amide bonds. The smallest absolute Gasteiger partial charge is 0.373 e. The van der Waals surface area contributed by atoms with Gasteiger partial charge in [0.05, 0.1) is 6.42 Å². The summed E-state index contributed by atoms with van der Waals surface area (Å²) >= 11 is 0. The molecule has 9 heteroatoms. The number of carbonyl (C=O) groups excluding carboxylic acids is 1. The normalized spacial score (nSPS) is 13.2. The molecule has 0 fully saturated rings. The summed E-state index contributed by atoms with van der Waals surface area (Å²) in [5, 5.41) is 13.8. The van der Waals surface area contributed by atoms with Gasteiger partial charge in [-0.1, -0.05) is 0 Å². The van der Waals surface area contributed by atoms with E-state index in [-0.39, 0.29) is 0 Å². The number of hydrogen-bond donors (Lipinski definition) is 3. The van der Waals surface area contributed by atoms with Crippen LogP contribution in [0.15, 0.2) is 0 Å². The van der Waals surface area contributed by atoms with Crippen molar-refractivity contribution in [3.63, 3.8) is 0 Å². The molecule has 80 valence electrons. The van der Waals surface area contributed by atoms with Crippen LogP contribution in [0.3, 0.4) is 0 Å². The van der Waals surface area contributed by atoms with Gasteiger partial charge in [0.25, 0.3) is 15.9 Å². The lowest BCUT2D eigenvalue weighted by molar-refractivity contribution is -0.149. The summed E-state index contributed by atoms with van der Waals surface area (Å²) in [6.45, 7) is 0. The average molecular weight is 226 g/mol. The molecule has 3 N–H and O–H groups in total. The van der Waals surface area contributed by atoms with Crippen LogP contribution in [0.1, 0.15) is 6.42 Å². The van der Waals surface area contributed by atoms with E-state index in [1.165, 1.54) is 0 Å². The molecule has 0 saturated carbocycles. The lowest BCUT2D eigenvalue weighted by Crippen LogP contribution is -2.36. The Morgan fingerprint density at radius 3 is 1.79 bits per heavy atom. The molecule has 0 bridgehead atoms. The maximum atomic E-state index is 10.6. The highest BCUT2D eigenvalue weighted by atomic mass is 32.2. The second-order valence-corrected chi connectivity index (χ2v) is 3.87. The first kappa shape index (κ1) is 12.5. The zero-order valence-electron chi connectivity index (χ0n) is 6.58. The van der Waals surface area contributed by atoms with E-state index < -0.39 is 39.5 Å². The number of hydrogen-bond acceptors (Lipinski definition) is 5. The Bertz CT molecular complexity index is 365. The van der Waals surface area contributed by atoms with Gasteiger partial charge in [0, 0.05) is 0 Å². The molecule has 0 aliphatic rings. The van der Waals surface area contributed by atoms with E-state index in [2.05, 4.69) is 0 Å². The van der Waals surface area contributed by atoms with Gasteiger partial charge in [-0.25, -0.2) is 4.79 Å². The van der Waals surface area contributed by atoms with Crippen LogP contribution in [-0.2, 0) is 24.5 Å². The van der Waals surface area contributed by atoms with E-state index in [0.29, 0.717) is 0 Å². The highest BCUT2D eigenvalue weighted by molar-refractivity contribution is 7.87. The highest BCUT2D eigenvalue weighted by Gasteiger charge is 2.37. The fourth-order valence-corrected chi connectivity index (χ4v) is 1.35. The van der Waals surface area contributed by atoms with Crippen molar-refractivity contribution < 1.29 is 37.6 Å². The van der Waals surface area contributed by atoms with Crippen LogP contribution in [0.25, 0.3) is 0 Å². The Hall–Kier alpha value is -1.48. The number of ketones is 1. The maximum absolute atomic E-state index is 10.6. The molecule has 8 nitrogen and oxygen atoms in total. The molecule has 0 radical (unpaired) electrons. The molecule has 0 aromatic heterocycles. The quantitative estimate of drug-likeness (QED) is 0.374. The van der Waals surface area contributed by atoms with Crippen LogP contribution in [0.4, 0.5) is 0 Å². The maximum Gasteiger partial charge on any atom is 0.373 e. The second-order valence-electron chi connectivity index (χ2n) is 2.27. The standard InChI is InChI=1S/C5H6O8S/c6-3(7)1-2(14(11,12)13)4(8)5(9)10/h2H,1H2,(H,6,7)(H,9,10)(H,11,12,13). The Balaban J connectivity index is 5.03. The number of rotatable bonds is 5. The SMILES string of the molecule is O=C(O)CC(C(=O)C(=O)O)S(=O)(=O)O. The topological polar surface area (TPSA) is 146 Å². The fourth-order valence-electron chi connectivity index (χ4n) is 0.630. The van der Waals surface area contributed by atoms with Gasteiger partial charge in [-0.3, -0.25) is 14.1 Å². The van der Waals surface area contributed by atoms with Gasteiger partial charge in [0.15, 0.2) is 5.25 Å². The van der Waals surface area contributed by atoms with Gasteiger partial charge in [-0.15, -0.1) is 0 Å². The van der Waals surface area contributed by atoms with Crippen LogP contribution in [0.5, 0.6) is 0 Å². The van der Waals surface area contributed by atoms with Crippen LogP contribution in [0.2, 0.25) is 0 Å². The minimum absolute atomic E-state index is 1.29. The van der Waals surface area contributed by atoms with Crippen molar-refractivity contribution in [3.05, 3.63) is 0 Å². The number of carboxylic acids is 2. The first-order valence-electron chi connectivity index (χ1n) is 3.11. The van der Waals surface area contributed by atoms with Crippen molar-refractivity contribution in [1.82, 2.24) is 0 Å². The third kappa shape index (κ3) is 3.49. The minimum atomic E-state index is -5.02. The first-order chi connectivity index (χ1) is 6.16. The molecule has 0 heterocycles. The van der Waals surface area contributed by atoms with Gasteiger partial charge < -0.3 is 10.2 Å². The summed E-state index contributed by atoms with van der Waals surface area (Å²) in [4.78, 5) is 30.7. The van der Waals surface area contributed by atoms with Crippen molar-refractivity contribution in [2.24, 2.45) is 0 Å². The predicted molar refractivity (Wildman–Crippen MR) is 40.2 cm³/mol. The van der Waals surface area contributed by atoms with E-state index in [0.717, 1.165) is 0 Å². The third-order valence-corrected chi connectivity index (χ3v) is 2.32. The Morgan fingerprint density at radius 2 is 1.57 bits per heavy atom. The van der Waals surface area contributed by atoms with E-state index in [9.17, 15) is 22.8 Å². The van der Waals surface area contributed by atoms with Gasteiger partial charge >= 0.3 is 11.9 Å². The monoisotopic (exact) mass is 226 g/mol. The zero-order valence-corrected chi connectivity index (χ0v) is 7.39. The van der Waals surface area contributed by atoms with Gasteiger partial charge in [-0.2, -0.15) is 8.42 Å². The van der Waals surface area contributed by atoms with Crippen LogP contribution < -0.4 is 0 Å². The van der Waals surface area contributed by atoms with Crippen LogP contribution in [-0.4, -0.2) is 46.2 Å². The van der Waals surface area contributed by atoms with E-state index >= 15 is 0 Å². The zero-order chi connectivity index (χ0) is 11.5. The highest BCUT2D eigenvalue weighted by Crippen LogP contribution is 2.06. The molecule has 0 aromatic rings. The number of Topliss-reactive ketones (excluding diaryl/α,β-unsaturated/α-hetero) is 1. The summed E-state index contributed by atoms with van der Waals surface area (Å²) in [6, 6.07) is 0. The molecule has 0 saturated heterocycles. The van der Waals surface area contributed by atoms with Gasteiger partial charge in [-0.05, 0) is 0 Å². The Labute approximate surface area is 77.9 Å². The summed E-state index contributed by atoms with van der Waals surface area (Å²) in [5.41, 5.74) is 0. The first-order valence-corrected chi connectivity index (χ1v) is 4.61. The van der Waals surface area contributed by atoms with E-state index in [1.807, 2.05) is 0 Å². The Kier molecular flexibility index (Phi) is 3.71. The number of carboxylic acid groups (broad SMARTS) is 2. The van der Waals surface area contributed by atoms with Crippen LogP contribution >= 0.6 is 0 Å². The molecular formula is C5H6O8S. The van der Waals surface area contributed by atoms with E-state index in [4.69, 9.17) is 14.8 Å². The molecule has 0 spiro atoms. The fraction of sp³-hybridized carbons (Fsp3) is 0.400. The Morgan fingerprint density at radius 1 is 1.14 bits per heavy atom. The molecular weight excluding hydrogens is 220 g/mol. The molecule has 1 atom stereocenters.